The van der Waals surface area contributed by atoms with Crippen molar-refractivity contribution in [2.45, 2.75) is 19.4 Å². The summed E-state index contributed by atoms with van der Waals surface area (Å²) in [6.45, 7) is 1.83. The van der Waals surface area contributed by atoms with Crippen LogP contribution < -0.4 is 0 Å². The van der Waals surface area contributed by atoms with Gasteiger partial charge in [0.25, 0.3) is 0 Å². The first-order valence-corrected chi connectivity index (χ1v) is 5.57. The van der Waals surface area contributed by atoms with E-state index in [1.807, 2.05) is 18.2 Å². The van der Waals surface area contributed by atoms with Gasteiger partial charge in [0.05, 0.1) is 27.1 Å². The van der Waals surface area contributed by atoms with Gasteiger partial charge in [-0.05, 0) is 0 Å². The Labute approximate surface area is 96.9 Å². The Morgan fingerprint density at radius 3 is 2.44 bits per heavy atom. The number of nitrogens with zero attached hydrogens (tertiary/aromatic N) is 1. The quantitative estimate of drug-likeness (QED) is 0.749. The summed E-state index contributed by atoms with van der Waals surface area (Å²) >= 11 is 0. The minimum Gasteiger partial charge on any atom is -0.481 e. The normalized spacial score (nSPS) is 11.4. The predicted octanol–water partition coefficient (Wildman–Crippen LogP) is 2.13. The van der Waals surface area contributed by atoms with E-state index in [-0.39, 0.29) is 6.42 Å². The molecule has 1 aromatic rings. The van der Waals surface area contributed by atoms with Crippen LogP contribution in [0.3, 0.4) is 0 Å². The zero-order valence-electron chi connectivity index (χ0n) is 10.0. The predicted molar refractivity (Wildman–Crippen MR) is 64.0 cm³/mol. The molecule has 0 saturated carbocycles. The molecule has 16 heavy (non-hydrogen) atoms. The molecule has 88 valence electrons. The average molecular weight is 222 g/mol. The largest absolute Gasteiger partial charge is 0.481 e. The Morgan fingerprint density at radius 2 is 1.88 bits per heavy atom. The van der Waals surface area contributed by atoms with Gasteiger partial charge in [0.15, 0.2) is 0 Å². The summed E-state index contributed by atoms with van der Waals surface area (Å²) in [5, 5.41) is 8.59. The van der Waals surface area contributed by atoms with Crippen LogP contribution in [0.1, 0.15) is 18.4 Å². The lowest BCUT2D eigenvalue weighted by molar-refractivity contribution is -0.903. The standard InChI is InChI=1S/C13H19NO2/c1-14(2,10-6-9-13(15)16)11-12-7-4-3-5-8-12/h3-5,7-8H,6,9-11H2,1-2H3/p+1. The Bertz CT molecular complexity index is 333. The van der Waals surface area contributed by atoms with Crippen molar-refractivity contribution in [3.8, 4) is 0 Å². The fourth-order valence-electron chi connectivity index (χ4n) is 1.82. The molecule has 1 aromatic carbocycles. The number of carbonyl (C=O) groups is 1. The molecule has 1 N–H and O–H groups in total. The van der Waals surface area contributed by atoms with Crippen molar-refractivity contribution in [3.63, 3.8) is 0 Å². The van der Waals surface area contributed by atoms with E-state index in [2.05, 4.69) is 26.2 Å². The van der Waals surface area contributed by atoms with Crippen molar-refractivity contribution in [1.82, 2.24) is 0 Å². The summed E-state index contributed by atoms with van der Waals surface area (Å²) in [6, 6.07) is 10.3. The number of hydrogen-bond donors (Lipinski definition) is 1. The smallest absolute Gasteiger partial charge is 0.303 e. The molecule has 0 aliphatic rings. The first kappa shape index (κ1) is 12.7. The second-order valence-corrected chi connectivity index (χ2v) is 4.80. The van der Waals surface area contributed by atoms with Gasteiger partial charge in [0.1, 0.15) is 6.54 Å². The first-order chi connectivity index (χ1) is 7.49. The molecule has 0 aromatic heterocycles. The van der Waals surface area contributed by atoms with Gasteiger partial charge in [0, 0.05) is 12.0 Å². The molecular formula is C13H20NO2+. The van der Waals surface area contributed by atoms with Crippen molar-refractivity contribution in [3.05, 3.63) is 35.9 Å². The molecule has 0 radical (unpaired) electrons. The summed E-state index contributed by atoms with van der Waals surface area (Å²) < 4.78 is 0.831. The van der Waals surface area contributed by atoms with E-state index < -0.39 is 5.97 Å². The van der Waals surface area contributed by atoms with Crippen LogP contribution >= 0.6 is 0 Å². The molecule has 3 heteroatoms. The molecule has 0 heterocycles. The number of benzene rings is 1. The molecule has 0 fully saturated rings. The Kier molecular flexibility index (Phi) is 4.50. The third-order valence-electron chi connectivity index (χ3n) is 2.61. The molecule has 0 saturated heterocycles. The second-order valence-electron chi connectivity index (χ2n) is 4.80. The van der Waals surface area contributed by atoms with Gasteiger partial charge in [-0.3, -0.25) is 4.79 Å². The minimum atomic E-state index is -0.709. The van der Waals surface area contributed by atoms with Gasteiger partial charge < -0.3 is 9.59 Å². The van der Waals surface area contributed by atoms with Crippen molar-refractivity contribution in [1.29, 1.82) is 0 Å². The van der Waals surface area contributed by atoms with Gasteiger partial charge in [-0.1, -0.05) is 30.3 Å². The number of hydrogen-bond acceptors (Lipinski definition) is 1. The van der Waals surface area contributed by atoms with Crippen LogP contribution in [-0.2, 0) is 11.3 Å². The summed E-state index contributed by atoms with van der Waals surface area (Å²) in [7, 11) is 4.27. The monoisotopic (exact) mass is 222 g/mol. The zero-order chi connectivity index (χ0) is 12.0. The highest BCUT2D eigenvalue weighted by Gasteiger charge is 2.15. The molecule has 0 aliphatic heterocycles. The van der Waals surface area contributed by atoms with Crippen molar-refractivity contribution in [2.24, 2.45) is 0 Å². The van der Waals surface area contributed by atoms with Gasteiger partial charge in [0.2, 0.25) is 0 Å². The highest BCUT2D eigenvalue weighted by Crippen LogP contribution is 2.10. The first-order valence-electron chi connectivity index (χ1n) is 5.57. The van der Waals surface area contributed by atoms with E-state index in [0.29, 0.717) is 0 Å². The summed E-state index contributed by atoms with van der Waals surface area (Å²) in [4.78, 5) is 10.4. The zero-order valence-corrected chi connectivity index (χ0v) is 10.0. The maximum absolute atomic E-state index is 10.4. The molecule has 0 amide bonds. The number of aliphatic carboxylic acids is 1. The van der Waals surface area contributed by atoms with Crippen molar-refractivity contribution in [2.75, 3.05) is 20.6 Å². The van der Waals surface area contributed by atoms with E-state index in [4.69, 9.17) is 5.11 Å². The number of carboxylic acid groups (broad SMARTS) is 1. The van der Waals surface area contributed by atoms with Crippen LogP contribution in [0, 0.1) is 0 Å². The Balaban J connectivity index is 2.42. The lowest BCUT2D eigenvalue weighted by atomic mass is 10.2. The molecule has 0 atom stereocenters. The van der Waals surface area contributed by atoms with E-state index >= 15 is 0 Å². The molecule has 0 spiro atoms. The molecule has 1 rings (SSSR count). The van der Waals surface area contributed by atoms with Crippen LogP contribution in [0.15, 0.2) is 30.3 Å². The highest BCUT2D eigenvalue weighted by molar-refractivity contribution is 5.66. The molecule has 0 bridgehead atoms. The van der Waals surface area contributed by atoms with E-state index in [9.17, 15) is 4.79 Å². The fraction of sp³-hybridized carbons (Fsp3) is 0.462. The van der Waals surface area contributed by atoms with Gasteiger partial charge >= 0.3 is 5.97 Å². The summed E-state index contributed by atoms with van der Waals surface area (Å²) in [5.41, 5.74) is 1.29. The third-order valence-corrected chi connectivity index (χ3v) is 2.61. The van der Waals surface area contributed by atoms with E-state index in [0.717, 1.165) is 24.0 Å². The van der Waals surface area contributed by atoms with Crippen molar-refractivity contribution < 1.29 is 14.4 Å². The maximum Gasteiger partial charge on any atom is 0.303 e. The lowest BCUT2D eigenvalue weighted by Crippen LogP contribution is -2.39. The van der Waals surface area contributed by atoms with Gasteiger partial charge in [-0.15, -0.1) is 0 Å². The third kappa shape index (κ3) is 4.94. The van der Waals surface area contributed by atoms with Crippen LogP contribution in [-0.4, -0.2) is 36.2 Å². The molecular weight excluding hydrogens is 202 g/mol. The number of carboxylic acids is 1. The molecule has 0 unspecified atom stereocenters. The van der Waals surface area contributed by atoms with Crippen molar-refractivity contribution >= 4 is 5.97 Å². The topological polar surface area (TPSA) is 37.3 Å². The van der Waals surface area contributed by atoms with E-state index in [1.165, 1.54) is 5.56 Å². The van der Waals surface area contributed by atoms with E-state index in [1.54, 1.807) is 0 Å². The maximum atomic E-state index is 10.4. The highest BCUT2D eigenvalue weighted by atomic mass is 16.4. The lowest BCUT2D eigenvalue weighted by Gasteiger charge is -2.29. The number of rotatable bonds is 6. The van der Waals surface area contributed by atoms with Crippen LogP contribution in [0.2, 0.25) is 0 Å². The summed E-state index contributed by atoms with van der Waals surface area (Å²) in [6.07, 6.45) is 0.992. The van der Waals surface area contributed by atoms with Crippen LogP contribution in [0.4, 0.5) is 0 Å². The van der Waals surface area contributed by atoms with Crippen LogP contribution in [0.25, 0.3) is 0 Å². The molecule has 0 aliphatic carbocycles. The number of quaternary nitrogens is 1. The minimum absolute atomic E-state index is 0.260. The Hall–Kier alpha value is -1.35. The summed E-state index contributed by atoms with van der Waals surface area (Å²) in [5.74, 6) is -0.709. The fourth-order valence-corrected chi connectivity index (χ4v) is 1.82. The van der Waals surface area contributed by atoms with Crippen LogP contribution in [0.5, 0.6) is 0 Å². The Morgan fingerprint density at radius 1 is 1.25 bits per heavy atom. The SMILES string of the molecule is C[N+](C)(CCCC(=O)O)Cc1ccccc1. The molecule has 3 nitrogen and oxygen atoms in total. The van der Waals surface area contributed by atoms with Gasteiger partial charge in [-0.2, -0.15) is 0 Å². The average Bonchev–Trinajstić information content (AvgIpc) is 2.17. The van der Waals surface area contributed by atoms with Gasteiger partial charge in [-0.25, -0.2) is 0 Å². The second kappa shape index (κ2) is 5.66.